The number of rotatable bonds is 3. The van der Waals surface area contributed by atoms with Crippen LogP contribution in [-0.4, -0.2) is 46.8 Å². The van der Waals surface area contributed by atoms with Crippen LogP contribution < -0.4 is 4.90 Å². The monoisotopic (exact) mass is 394 g/mol. The fourth-order valence-corrected chi connectivity index (χ4v) is 4.04. The normalized spacial score (nSPS) is 14.4. The Balaban J connectivity index is 1.50. The maximum atomic E-state index is 12.8. The molecule has 1 saturated heterocycles. The Hall–Kier alpha value is -2.79. The lowest BCUT2D eigenvalue weighted by atomic mass is 10.1. The van der Waals surface area contributed by atoms with Crippen molar-refractivity contribution in [3.8, 4) is 5.69 Å². The molecule has 0 spiro atoms. The summed E-state index contributed by atoms with van der Waals surface area (Å²) in [6, 6.07) is 17.3. The molecule has 0 unspecified atom stereocenters. The van der Waals surface area contributed by atoms with Crippen LogP contribution in [0.1, 0.15) is 21.7 Å². The van der Waals surface area contributed by atoms with Gasteiger partial charge in [-0.2, -0.15) is 5.10 Å². The first-order valence-corrected chi connectivity index (χ1v) is 9.84. The van der Waals surface area contributed by atoms with Gasteiger partial charge in [-0.25, -0.2) is 4.68 Å². The van der Waals surface area contributed by atoms with Crippen LogP contribution in [0.4, 0.5) is 5.69 Å². The van der Waals surface area contributed by atoms with Crippen LogP contribution >= 0.6 is 11.6 Å². The van der Waals surface area contributed by atoms with Crippen molar-refractivity contribution in [3.63, 3.8) is 0 Å². The highest BCUT2D eigenvalue weighted by Gasteiger charge is 2.26. The molecule has 0 N–H and O–H groups in total. The summed E-state index contributed by atoms with van der Waals surface area (Å²) in [6.45, 7) is 7.08. The average Bonchev–Trinajstić information content (AvgIpc) is 3.02. The minimum Gasteiger partial charge on any atom is -0.365 e. The van der Waals surface area contributed by atoms with E-state index < -0.39 is 0 Å². The first kappa shape index (κ1) is 18.6. The lowest BCUT2D eigenvalue weighted by Crippen LogP contribution is -2.49. The maximum Gasteiger partial charge on any atom is 0.254 e. The van der Waals surface area contributed by atoms with Crippen LogP contribution in [-0.2, 0) is 0 Å². The predicted molar refractivity (Wildman–Crippen MR) is 113 cm³/mol. The Labute approximate surface area is 170 Å². The molecule has 1 aliphatic rings. The molecule has 2 heterocycles. The molecule has 1 aliphatic heterocycles. The van der Waals surface area contributed by atoms with E-state index in [4.69, 9.17) is 16.7 Å². The fraction of sp³-hybridized carbons (Fsp3) is 0.273. The number of nitrogens with zero attached hydrogens (tertiary/aromatic N) is 4. The van der Waals surface area contributed by atoms with Gasteiger partial charge in [-0.3, -0.25) is 4.79 Å². The summed E-state index contributed by atoms with van der Waals surface area (Å²) in [4.78, 5) is 17.0. The molecule has 6 heteroatoms. The highest BCUT2D eigenvalue weighted by atomic mass is 35.5. The van der Waals surface area contributed by atoms with E-state index in [0.717, 1.165) is 30.2 Å². The summed E-state index contributed by atoms with van der Waals surface area (Å²) < 4.78 is 1.99. The largest absolute Gasteiger partial charge is 0.365 e. The Kier molecular flexibility index (Phi) is 5.09. The highest BCUT2D eigenvalue weighted by molar-refractivity contribution is 6.30. The molecule has 0 saturated carbocycles. The van der Waals surface area contributed by atoms with Crippen LogP contribution in [0.15, 0.2) is 54.6 Å². The van der Waals surface area contributed by atoms with Crippen LogP contribution in [0.25, 0.3) is 5.69 Å². The SMILES string of the molecule is Cc1nn(-c2ccccc2)c(C)c1N1CCN(C(=O)c2cccc(Cl)c2)CC1. The average molecular weight is 395 g/mol. The van der Waals surface area contributed by atoms with Gasteiger partial charge in [0.25, 0.3) is 5.91 Å². The summed E-state index contributed by atoms with van der Waals surface area (Å²) in [5, 5.41) is 5.33. The minimum atomic E-state index is 0.0376. The number of hydrogen-bond acceptors (Lipinski definition) is 3. The van der Waals surface area contributed by atoms with Crippen molar-refractivity contribution in [2.75, 3.05) is 31.1 Å². The van der Waals surface area contributed by atoms with Crippen molar-refractivity contribution in [2.24, 2.45) is 0 Å². The third kappa shape index (κ3) is 3.50. The summed E-state index contributed by atoms with van der Waals surface area (Å²) in [5.74, 6) is 0.0376. The van der Waals surface area contributed by atoms with E-state index in [1.54, 1.807) is 12.1 Å². The zero-order valence-electron chi connectivity index (χ0n) is 16.1. The number of carbonyl (C=O) groups excluding carboxylic acids is 1. The Morgan fingerprint density at radius 1 is 0.964 bits per heavy atom. The first-order chi connectivity index (χ1) is 13.5. The number of aryl methyl sites for hydroxylation is 1. The number of hydrogen-bond donors (Lipinski definition) is 0. The van der Waals surface area contributed by atoms with Crippen LogP contribution in [0, 0.1) is 13.8 Å². The Bertz CT molecular complexity index is 991. The Morgan fingerprint density at radius 3 is 2.36 bits per heavy atom. The summed E-state index contributed by atoms with van der Waals surface area (Å²) >= 11 is 6.03. The second-order valence-electron chi connectivity index (χ2n) is 7.06. The Morgan fingerprint density at radius 2 is 1.68 bits per heavy atom. The number of para-hydroxylation sites is 1. The molecular weight excluding hydrogens is 372 g/mol. The molecule has 28 heavy (non-hydrogen) atoms. The molecule has 0 radical (unpaired) electrons. The quantitative estimate of drug-likeness (QED) is 0.671. The van der Waals surface area contributed by atoms with Crippen molar-refractivity contribution in [1.29, 1.82) is 0 Å². The predicted octanol–water partition coefficient (Wildman–Crippen LogP) is 4.10. The van der Waals surface area contributed by atoms with Crippen LogP contribution in [0.5, 0.6) is 0 Å². The van der Waals surface area contributed by atoms with E-state index in [-0.39, 0.29) is 5.91 Å². The third-order valence-electron chi connectivity index (χ3n) is 5.21. The minimum absolute atomic E-state index is 0.0376. The van der Waals surface area contributed by atoms with Crippen molar-refractivity contribution in [3.05, 3.63) is 76.6 Å². The van der Waals surface area contributed by atoms with Crippen LogP contribution in [0.3, 0.4) is 0 Å². The van der Waals surface area contributed by atoms with E-state index >= 15 is 0 Å². The van der Waals surface area contributed by atoms with Gasteiger partial charge in [0.1, 0.15) is 0 Å². The molecule has 2 aromatic carbocycles. The third-order valence-corrected chi connectivity index (χ3v) is 5.44. The van der Waals surface area contributed by atoms with E-state index in [1.165, 1.54) is 5.69 Å². The number of benzene rings is 2. The van der Waals surface area contributed by atoms with E-state index in [1.807, 2.05) is 46.8 Å². The zero-order chi connectivity index (χ0) is 19.7. The second-order valence-corrected chi connectivity index (χ2v) is 7.49. The van der Waals surface area contributed by atoms with Gasteiger partial charge >= 0.3 is 0 Å². The van der Waals surface area contributed by atoms with Crippen molar-refractivity contribution >= 4 is 23.2 Å². The van der Waals surface area contributed by atoms with E-state index in [2.05, 4.69) is 24.0 Å². The molecule has 5 nitrogen and oxygen atoms in total. The zero-order valence-corrected chi connectivity index (χ0v) is 16.9. The van der Waals surface area contributed by atoms with E-state index in [9.17, 15) is 4.79 Å². The fourth-order valence-electron chi connectivity index (χ4n) is 3.85. The number of anilines is 1. The molecule has 1 amide bonds. The van der Waals surface area contributed by atoms with Crippen molar-refractivity contribution in [1.82, 2.24) is 14.7 Å². The first-order valence-electron chi connectivity index (χ1n) is 9.46. The van der Waals surface area contributed by atoms with Gasteiger partial charge < -0.3 is 9.80 Å². The summed E-state index contributed by atoms with van der Waals surface area (Å²) in [7, 11) is 0. The molecular formula is C22H23ClN4O. The molecule has 1 aromatic heterocycles. The molecule has 0 atom stereocenters. The molecule has 3 aromatic rings. The van der Waals surface area contributed by atoms with Gasteiger partial charge in [0.2, 0.25) is 0 Å². The maximum absolute atomic E-state index is 12.8. The van der Waals surface area contributed by atoms with Gasteiger partial charge in [0, 0.05) is 36.8 Å². The lowest BCUT2D eigenvalue weighted by molar-refractivity contribution is 0.0747. The smallest absolute Gasteiger partial charge is 0.254 e. The number of aromatic nitrogens is 2. The van der Waals surface area contributed by atoms with Gasteiger partial charge in [-0.1, -0.05) is 35.9 Å². The lowest BCUT2D eigenvalue weighted by Gasteiger charge is -2.36. The topological polar surface area (TPSA) is 41.4 Å². The van der Waals surface area contributed by atoms with E-state index in [0.29, 0.717) is 23.7 Å². The van der Waals surface area contributed by atoms with Crippen molar-refractivity contribution < 1.29 is 4.79 Å². The molecule has 1 fully saturated rings. The molecule has 4 rings (SSSR count). The number of halogens is 1. The van der Waals surface area contributed by atoms with Gasteiger partial charge in [-0.05, 0) is 44.2 Å². The van der Waals surface area contributed by atoms with Crippen LogP contribution in [0.2, 0.25) is 5.02 Å². The number of carbonyl (C=O) groups is 1. The summed E-state index contributed by atoms with van der Waals surface area (Å²) in [6.07, 6.45) is 0. The highest BCUT2D eigenvalue weighted by Crippen LogP contribution is 2.28. The molecule has 0 bridgehead atoms. The van der Waals surface area contributed by atoms with Gasteiger partial charge in [-0.15, -0.1) is 0 Å². The van der Waals surface area contributed by atoms with Gasteiger partial charge in [0.15, 0.2) is 0 Å². The molecule has 144 valence electrons. The molecule has 0 aliphatic carbocycles. The standard InChI is InChI=1S/C22H23ClN4O/c1-16-21(17(2)27(24-16)20-9-4-3-5-10-20)25-11-13-26(14-12-25)22(28)18-7-6-8-19(23)15-18/h3-10,15H,11-14H2,1-2H3. The van der Waals surface area contributed by atoms with Crippen molar-refractivity contribution in [2.45, 2.75) is 13.8 Å². The number of amides is 1. The second kappa shape index (κ2) is 7.68. The number of piperazine rings is 1. The summed E-state index contributed by atoms with van der Waals surface area (Å²) in [5.41, 5.74) is 5.00. The van der Waals surface area contributed by atoms with Gasteiger partial charge in [0.05, 0.1) is 22.8 Å².